The summed E-state index contributed by atoms with van der Waals surface area (Å²) in [5.74, 6) is 0. The Bertz CT molecular complexity index is 871. The minimum absolute atomic E-state index is 0.0973. The predicted octanol–water partition coefficient (Wildman–Crippen LogP) is 3.40. The van der Waals surface area contributed by atoms with Gasteiger partial charge in [-0.2, -0.15) is 5.10 Å². The lowest BCUT2D eigenvalue weighted by atomic mass is 10.1. The van der Waals surface area contributed by atoms with E-state index in [2.05, 4.69) is 46.1 Å². The van der Waals surface area contributed by atoms with Crippen molar-refractivity contribution in [2.75, 3.05) is 6.54 Å². The maximum atomic E-state index is 12.2. The molecule has 2 amide bonds. The Labute approximate surface area is 153 Å². The van der Waals surface area contributed by atoms with E-state index in [1.165, 1.54) is 16.7 Å². The molecule has 5 nitrogen and oxygen atoms in total. The van der Waals surface area contributed by atoms with Crippen LogP contribution in [-0.2, 0) is 12.8 Å². The van der Waals surface area contributed by atoms with Crippen molar-refractivity contribution in [3.63, 3.8) is 0 Å². The first-order chi connectivity index (χ1) is 12.8. The van der Waals surface area contributed by atoms with Crippen LogP contribution >= 0.6 is 0 Å². The molecule has 1 unspecified atom stereocenters. The number of hydrogen-bond acceptors (Lipinski definition) is 2. The number of aromatic nitrogens is 2. The number of hydrogen-bond donors (Lipinski definition) is 2. The Morgan fingerprint density at radius 2 is 1.96 bits per heavy atom. The number of nitrogens with one attached hydrogen (secondary N) is 2. The average Bonchev–Trinajstić information content (AvgIpc) is 3.33. The number of carbonyl (C=O) groups is 1. The number of benzene rings is 2. The largest absolute Gasteiger partial charge is 0.338 e. The van der Waals surface area contributed by atoms with Crippen LogP contribution < -0.4 is 10.6 Å². The average molecular weight is 346 g/mol. The number of nitrogens with zero attached hydrogens (tertiary/aromatic N) is 2. The van der Waals surface area contributed by atoms with E-state index in [-0.39, 0.29) is 12.1 Å². The predicted molar refractivity (Wildman–Crippen MR) is 101 cm³/mol. The lowest BCUT2D eigenvalue weighted by molar-refractivity contribution is 0.237. The molecule has 0 saturated carbocycles. The van der Waals surface area contributed by atoms with Crippen LogP contribution in [0, 0.1) is 0 Å². The monoisotopic (exact) mass is 346 g/mol. The number of amides is 2. The third-order valence-electron chi connectivity index (χ3n) is 4.84. The highest BCUT2D eigenvalue weighted by Crippen LogP contribution is 2.30. The summed E-state index contributed by atoms with van der Waals surface area (Å²) in [6.07, 6.45) is 6.49. The van der Waals surface area contributed by atoms with Gasteiger partial charge in [0.25, 0.3) is 0 Å². The van der Waals surface area contributed by atoms with Crippen molar-refractivity contribution in [3.8, 4) is 5.69 Å². The van der Waals surface area contributed by atoms with Gasteiger partial charge in [-0.1, -0.05) is 36.4 Å². The topological polar surface area (TPSA) is 59.0 Å². The Kier molecular flexibility index (Phi) is 4.69. The smallest absolute Gasteiger partial charge is 0.315 e. The van der Waals surface area contributed by atoms with E-state index in [4.69, 9.17) is 0 Å². The Morgan fingerprint density at radius 1 is 1.12 bits per heavy atom. The molecule has 0 aliphatic heterocycles. The maximum absolute atomic E-state index is 12.2. The van der Waals surface area contributed by atoms with Gasteiger partial charge in [-0.15, -0.1) is 0 Å². The number of fused-ring (bicyclic) bond motifs is 1. The second kappa shape index (κ2) is 7.44. The molecule has 1 heterocycles. The van der Waals surface area contributed by atoms with E-state index in [0.717, 1.165) is 24.9 Å². The van der Waals surface area contributed by atoms with Crippen molar-refractivity contribution in [1.82, 2.24) is 20.4 Å². The summed E-state index contributed by atoms with van der Waals surface area (Å²) in [6.45, 7) is 0.612. The molecule has 0 spiro atoms. The molecule has 132 valence electrons. The minimum atomic E-state index is -0.0973. The summed E-state index contributed by atoms with van der Waals surface area (Å²) in [6, 6.07) is 18.5. The van der Waals surface area contributed by atoms with Gasteiger partial charge in [0.05, 0.1) is 11.7 Å². The highest BCUT2D eigenvalue weighted by Gasteiger charge is 2.22. The van der Waals surface area contributed by atoms with Crippen LogP contribution in [0.15, 0.2) is 67.0 Å². The van der Waals surface area contributed by atoms with Crippen molar-refractivity contribution >= 4 is 6.03 Å². The number of carbonyl (C=O) groups excluding carboxylic acids is 1. The number of urea groups is 1. The quantitative estimate of drug-likeness (QED) is 0.744. The van der Waals surface area contributed by atoms with Gasteiger partial charge in [0, 0.05) is 18.9 Å². The van der Waals surface area contributed by atoms with E-state index in [0.29, 0.717) is 6.54 Å². The molecular weight excluding hydrogens is 324 g/mol. The van der Waals surface area contributed by atoms with Gasteiger partial charge in [0.2, 0.25) is 0 Å². The molecule has 1 atom stereocenters. The van der Waals surface area contributed by atoms with Crippen LogP contribution in [0.5, 0.6) is 0 Å². The van der Waals surface area contributed by atoms with Gasteiger partial charge in [-0.3, -0.25) is 0 Å². The van der Waals surface area contributed by atoms with Crippen LogP contribution in [0.25, 0.3) is 5.69 Å². The van der Waals surface area contributed by atoms with Crippen molar-refractivity contribution in [3.05, 3.63) is 83.7 Å². The van der Waals surface area contributed by atoms with E-state index in [1.54, 1.807) is 6.20 Å². The molecule has 2 aromatic carbocycles. The molecule has 2 N–H and O–H groups in total. The maximum Gasteiger partial charge on any atom is 0.315 e. The fraction of sp³-hybridized carbons (Fsp3) is 0.238. The first-order valence-corrected chi connectivity index (χ1v) is 9.01. The molecule has 0 fully saturated rings. The zero-order chi connectivity index (χ0) is 17.8. The van der Waals surface area contributed by atoms with E-state index in [9.17, 15) is 4.79 Å². The Morgan fingerprint density at radius 3 is 2.77 bits per heavy atom. The summed E-state index contributed by atoms with van der Waals surface area (Å²) in [7, 11) is 0. The normalized spacial score (nSPS) is 15.5. The lowest BCUT2D eigenvalue weighted by Gasteiger charge is -2.15. The number of rotatable bonds is 5. The first kappa shape index (κ1) is 16.4. The van der Waals surface area contributed by atoms with Crippen molar-refractivity contribution in [2.24, 2.45) is 0 Å². The summed E-state index contributed by atoms with van der Waals surface area (Å²) in [5.41, 5.74) is 4.81. The summed E-state index contributed by atoms with van der Waals surface area (Å²) >= 11 is 0. The van der Waals surface area contributed by atoms with Crippen LogP contribution in [0.4, 0.5) is 4.79 Å². The van der Waals surface area contributed by atoms with Crippen molar-refractivity contribution in [2.45, 2.75) is 25.3 Å². The first-order valence-electron chi connectivity index (χ1n) is 9.01. The number of aryl methyl sites for hydroxylation is 1. The van der Waals surface area contributed by atoms with Crippen LogP contribution in [0.3, 0.4) is 0 Å². The third kappa shape index (κ3) is 3.61. The highest BCUT2D eigenvalue weighted by atomic mass is 16.2. The summed E-state index contributed by atoms with van der Waals surface area (Å²) < 4.78 is 1.83. The highest BCUT2D eigenvalue weighted by molar-refractivity contribution is 5.74. The van der Waals surface area contributed by atoms with Gasteiger partial charge < -0.3 is 10.6 Å². The molecular formula is C21H22N4O. The fourth-order valence-corrected chi connectivity index (χ4v) is 3.47. The minimum Gasteiger partial charge on any atom is -0.338 e. The molecule has 3 aromatic rings. The second-order valence-electron chi connectivity index (χ2n) is 6.56. The van der Waals surface area contributed by atoms with Gasteiger partial charge in [-0.25, -0.2) is 9.48 Å². The van der Waals surface area contributed by atoms with Crippen LogP contribution in [-0.4, -0.2) is 22.4 Å². The molecule has 1 aliphatic rings. The van der Waals surface area contributed by atoms with Crippen molar-refractivity contribution < 1.29 is 4.79 Å². The molecule has 5 heteroatoms. The fourth-order valence-electron chi connectivity index (χ4n) is 3.47. The van der Waals surface area contributed by atoms with Crippen LogP contribution in [0.2, 0.25) is 0 Å². The SMILES string of the molecule is O=C(NCCc1ccc(-n2cccn2)cc1)NC1CCc2ccccc21. The van der Waals surface area contributed by atoms with E-state index >= 15 is 0 Å². The zero-order valence-corrected chi connectivity index (χ0v) is 14.6. The summed E-state index contributed by atoms with van der Waals surface area (Å²) in [5, 5.41) is 10.3. The van der Waals surface area contributed by atoms with Gasteiger partial charge in [0.1, 0.15) is 0 Å². The second-order valence-corrected chi connectivity index (χ2v) is 6.56. The van der Waals surface area contributed by atoms with Gasteiger partial charge in [0.15, 0.2) is 0 Å². The molecule has 0 radical (unpaired) electrons. The lowest BCUT2D eigenvalue weighted by Crippen LogP contribution is -2.38. The van der Waals surface area contributed by atoms with Gasteiger partial charge in [-0.05, 0) is 54.2 Å². The third-order valence-corrected chi connectivity index (χ3v) is 4.84. The van der Waals surface area contributed by atoms with Gasteiger partial charge >= 0.3 is 6.03 Å². The van der Waals surface area contributed by atoms with E-state index < -0.39 is 0 Å². The Balaban J connectivity index is 1.25. The molecule has 1 aromatic heterocycles. The van der Waals surface area contributed by atoms with Crippen LogP contribution in [0.1, 0.15) is 29.2 Å². The van der Waals surface area contributed by atoms with E-state index in [1.807, 2.05) is 35.1 Å². The molecule has 26 heavy (non-hydrogen) atoms. The molecule has 0 bridgehead atoms. The Hall–Kier alpha value is -3.08. The summed E-state index contributed by atoms with van der Waals surface area (Å²) in [4.78, 5) is 12.2. The molecule has 1 aliphatic carbocycles. The standard InChI is InChI=1S/C21H22N4O/c26-21(24-20-11-8-17-4-1-2-5-19(17)20)22-14-12-16-6-9-18(10-7-16)25-15-3-13-23-25/h1-7,9-10,13,15,20H,8,11-12,14H2,(H2,22,24,26). The van der Waals surface area contributed by atoms with Crippen molar-refractivity contribution in [1.29, 1.82) is 0 Å². The molecule has 0 saturated heterocycles. The zero-order valence-electron chi connectivity index (χ0n) is 14.6. The molecule has 4 rings (SSSR count).